The van der Waals surface area contributed by atoms with Crippen molar-refractivity contribution in [2.24, 2.45) is 0 Å². The number of carbonyl (C=O) groups is 1. The second-order valence-corrected chi connectivity index (χ2v) is 4.09. The minimum Gasteiger partial charge on any atom is -0.507 e. The first kappa shape index (κ1) is 12.3. The van der Waals surface area contributed by atoms with Crippen LogP contribution in [0, 0.1) is 0 Å². The highest BCUT2D eigenvalue weighted by molar-refractivity contribution is 6.05. The molecule has 0 unspecified atom stereocenters. The second kappa shape index (κ2) is 4.29. The molecule has 0 atom stereocenters. The molecule has 0 heterocycles. The molecular formula is C13H12O5. The average Bonchev–Trinajstić information content (AvgIpc) is 2.27. The summed E-state index contributed by atoms with van der Waals surface area (Å²) in [7, 11) is 0. The molecule has 0 saturated carbocycles. The lowest BCUT2D eigenvalue weighted by molar-refractivity contribution is -0.144. The standard InChI is InChI=1S/C13H12O5/c14-10-4-2-1-3-8(10)12(16)9-5-6-13(17,18)7-11(9)15/h1-6,14,16-18H,7H2. The maximum atomic E-state index is 11.7. The quantitative estimate of drug-likeness (QED) is 0.336. The van der Waals surface area contributed by atoms with Gasteiger partial charge in [0.2, 0.25) is 0 Å². The van der Waals surface area contributed by atoms with E-state index >= 15 is 0 Å². The van der Waals surface area contributed by atoms with Gasteiger partial charge in [0.15, 0.2) is 11.6 Å². The molecule has 0 aliphatic heterocycles. The molecule has 18 heavy (non-hydrogen) atoms. The second-order valence-electron chi connectivity index (χ2n) is 4.09. The molecule has 1 aromatic carbocycles. The molecule has 5 heteroatoms. The lowest BCUT2D eigenvalue weighted by Gasteiger charge is -2.21. The van der Waals surface area contributed by atoms with E-state index in [4.69, 9.17) is 0 Å². The number of phenols is 1. The molecule has 2 rings (SSSR count). The normalized spacial score (nSPS) is 20.9. The molecule has 0 spiro atoms. The number of aliphatic hydroxyl groups excluding tert-OH is 1. The first-order chi connectivity index (χ1) is 8.41. The van der Waals surface area contributed by atoms with Crippen LogP contribution in [0.5, 0.6) is 5.75 Å². The lowest BCUT2D eigenvalue weighted by Crippen LogP contribution is -2.32. The highest BCUT2D eigenvalue weighted by Crippen LogP contribution is 2.29. The first-order valence-electron chi connectivity index (χ1n) is 5.29. The van der Waals surface area contributed by atoms with Gasteiger partial charge in [-0.05, 0) is 24.3 Å². The van der Waals surface area contributed by atoms with Crippen molar-refractivity contribution in [3.8, 4) is 5.75 Å². The predicted octanol–water partition coefficient (Wildman–Crippen LogP) is 0.871. The third-order valence-corrected chi connectivity index (χ3v) is 2.65. The minimum atomic E-state index is -2.18. The van der Waals surface area contributed by atoms with Crippen molar-refractivity contribution in [1.82, 2.24) is 0 Å². The summed E-state index contributed by atoms with van der Waals surface area (Å²) in [6.07, 6.45) is 1.62. The number of benzene rings is 1. The van der Waals surface area contributed by atoms with E-state index in [-0.39, 0.29) is 22.6 Å². The Kier molecular flexibility index (Phi) is 2.94. The largest absolute Gasteiger partial charge is 0.507 e. The van der Waals surface area contributed by atoms with Gasteiger partial charge < -0.3 is 20.4 Å². The van der Waals surface area contributed by atoms with Gasteiger partial charge in [-0.3, -0.25) is 4.79 Å². The van der Waals surface area contributed by atoms with Crippen LogP contribution in [0.25, 0.3) is 5.76 Å². The van der Waals surface area contributed by atoms with Crippen LogP contribution in [0.3, 0.4) is 0 Å². The molecule has 0 bridgehead atoms. The van der Waals surface area contributed by atoms with E-state index in [1.165, 1.54) is 12.1 Å². The van der Waals surface area contributed by atoms with Crippen LogP contribution in [-0.4, -0.2) is 32.0 Å². The van der Waals surface area contributed by atoms with E-state index in [0.717, 1.165) is 12.2 Å². The summed E-state index contributed by atoms with van der Waals surface area (Å²) in [5.41, 5.74) is 0.0594. The van der Waals surface area contributed by atoms with Gasteiger partial charge in [-0.1, -0.05) is 12.1 Å². The zero-order valence-electron chi connectivity index (χ0n) is 9.37. The Labute approximate surface area is 103 Å². The number of carbonyl (C=O) groups excluding carboxylic acids is 1. The molecule has 1 aliphatic carbocycles. The van der Waals surface area contributed by atoms with Gasteiger partial charge in [0.25, 0.3) is 0 Å². The Bertz CT molecular complexity index is 554. The Morgan fingerprint density at radius 3 is 2.50 bits per heavy atom. The molecular weight excluding hydrogens is 236 g/mol. The summed E-state index contributed by atoms with van der Waals surface area (Å²) in [6.45, 7) is 0. The monoisotopic (exact) mass is 248 g/mol. The highest BCUT2D eigenvalue weighted by atomic mass is 16.5. The van der Waals surface area contributed by atoms with Crippen LogP contribution in [0.2, 0.25) is 0 Å². The van der Waals surface area contributed by atoms with Crippen molar-refractivity contribution in [3.63, 3.8) is 0 Å². The Hall–Kier alpha value is -2.11. The summed E-state index contributed by atoms with van der Waals surface area (Å²) < 4.78 is 0. The number of para-hydroxylation sites is 1. The fourth-order valence-corrected chi connectivity index (χ4v) is 1.73. The molecule has 0 fully saturated rings. The van der Waals surface area contributed by atoms with Gasteiger partial charge in [-0.2, -0.15) is 0 Å². The van der Waals surface area contributed by atoms with E-state index in [2.05, 4.69) is 0 Å². The zero-order chi connectivity index (χ0) is 13.3. The topological polar surface area (TPSA) is 98.0 Å². The van der Waals surface area contributed by atoms with E-state index < -0.39 is 18.0 Å². The van der Waals surface area contributed by atoms with E-state index in [0.29, 0.717) is 0 Å². The first-order valence-corrected chi connectivity index (χ1v) is 5.29. The number of aromatic hydroxyl groups is 1. The highest BCUT2D eigenvalue weighted by Gasteiger charge is 2.31. The molecule has 0 amide bonds. The molecule has 5 nitrogen and oxygen atoms in total. The summed E-state index contributed by atoms with van der Waals surface area (Å²) in [6, 6.07) is 6.02. The number of rotatable bonds is 1. The van der Waals surface area contributed by atoms with Gasteiger partial charge in [0.1, 0.15) is 11.5 Å². The van der Waals surface area contributed by atoms with Crippen LogP contribution < -0.4 is 0 Å². The van der Waals surface area contributed by atoms with Crippen molar-refractivity contribution in [2.75, 3.05) is 0 Å². The summed E-state index contributed by atoms with van der Waals surface area (Å²) >= 11 is 0. The number of ketones is 1. The predicted molar refractivity (Wildman–Crippen MR) is 63.6 cm³/mol. The number of Topliss-reactive ketones (excluding diaryl/α,β-unsaturated/α-hetero) is 1. The number of hydrogen-bond acceptors (Lipinski definition) is 5. The number of hydrogen-bond donors (Lipinski definition) is 4. The number of aliphatic hydroxyl groups is 3. The van der Waals surface area contributed by atoms with Crippen LogP contribution >= 0.6 is 0 Å². The smallest absolute Gasteiger partial charge is 0.190 e. The molecule has 1 aromatic rings. The van der Waals surface area contributed by atoms with Gasteiger partial charge in [-0.15, -0.1) is 0 Å². The molecule has 1 aliphatic rings. The summed E-state index contributed by atoms with van der Waals surface area (Å²) in [5, 5.41) is 38.1. The van der Waals surface area contributed by atoms with Crippen molar-refractivity contribution >= 4 is 11.5 Å². The molecule has 94 valence electrons. The lowest BCUT2D eigenvalue weighted by atomic mass is 9.93. The maximum absolute atomic E-state index is 11.7. The molecule has 0 aromatic heterocycles. The number of allylic oxidation sites excluding steroid dienone is 2. The van der Waals surface area contributed by atoms with E-state index in [1.54, 1.807) is 12.1 Å². The van der Waals surface area contributed by atoms with Gasteiger partial charge in [0, 0.05) is 0 Å². The third kappa shape index (κ3) is 2.27. The fraction of sp³-hybridized carbons (Fsp3) is 0.154. The van der Waals surface area contributed by atoms with Gasteiger partial charge >= 0.3 is 0 Å². The van der Waals surface area contributed by atoms with Crippen LogP contribution in [0.1, 0.15) is 12.0 Å². The minimum absolute atomic E-state index is 0.0600. The fourth-order valence-electron chi connectivity index (χ4n) is 1.73. The van der Waals surface area contributed by atoms with Gasteiger partial charge in [-0.25, -0.2) is 0 Å². The summed E-state index contributed by atoms with van der Waals surface area (Å²) in [4.78, 5) is 11.7. The Morgan fingerprint density at radius 2 is 1.89 bits per heavy atom. The van der Waals surface area contributed by atoms with Gasteiger partial charge in [0.05, 0.1) is 17.6 Å². The third-order valence-electron chi connectivity index (χ3n) is 2.65. The van der Waals surface area contributed by atoms with E-state index in [9.17, 15) is 25.2 Å². The molecule has 0 radical (unpaired) electrons. The van der Waals surface area contributed by atoms with E-state index in [1.807, 2.05) is 0 Å². The number of phenolic OH excluding ortho intramolecular Hbond substituents is 1. The maximum Gasteiger partial charge on any atom is 0.190 e. The van der Waals surface area contributed by atoms with Crippen molar-refractivity contribution in [2.45, 2.75) is 12.2 Å². The van der Waals surface area contributed by atoms with Crippen molar-refractivity contribution < 1.29 is 25.2 Å². The molecule has 4 N–H and O–H groups in total. The SMILES string of the molecule is O=C1CC(O)(O)C=CC1=C(O)c1ccccc1O. The summed E-state index contributed by atoms with van der Waals surface area (Å²) in [5.74, 6) is -3.33. The van der Waals surface area contributed by atoms with Crippen molar-refractivity contribution in [1.29, 1.82) is 0 Å². The van der Waals surface area contributed by atoms with Crippen LogP contribution in [0.4, 0.5) is 0 Å². The van der Waals surface area contributed by atoms with Crippen LogP contribution in [-0.2, 0) is 4.79 Å². The zero-order valence-corrected chi connectivity index (χ0v) is 9.37. The average molecular weight is 248 g/mol. The molecule has 0 saturated heterocycles. The Morgan fingerprint density at radius 1 is 1.22 bits per heavy atom. The Balaban J connectivity index is 2.50. The van der Waals surface area contributed by atoms with Crippen molar-refractivity contribution in [3.05, 3.63) is 47.6 Å². The van der Waals surface area contributed by atoms with Crippen LogP contribution in [0.15, 0.2) is 42.0 Å².